The number of rotatable bonds is 5. The van der Waals surface area contributed by atoms with Crippen LogP contribution in [0.25, 0.3) is 0 Å². The lowest BCUT2D eigenvalue weighted by Crippen LogP contribution is -2.37. The van der Waals surface area contributed by atoms with Gasteiger partial charge in [-0.15, -0.1) is 0 Å². The number of ether oxygens (including phenoxy) is 1. The number of aromatic nitrogens is 2. The summed E-state index contributed by atoms with van der Waals surface area (Å²) in [5.74, 6) is 0.909. The Bertz CT molecular complexity index is 829. The highest BCUT2D eigenvalue weighted by molar-refractivity contribution is 9.10. The molecular formula is C20H25BrClN3O2. The molecule has 3 rings (SSSR count). The van der Waals surface area contributed by atoms with Gasteiger partial charge in [-0.3, -0.25) is 9.48 Å². The average molecular weight is 455 g/mol. The number of carbonyl (C=O) groups excluding carboxylic acids is 1. The van der Waals surface area contributed by atoms with E-state index in [-0.39, 0.29) is 11.4 Å². The molecule has 1 aliphatic heterocycles. The number of halogens is 2. The van der Waals surface area contributed by atoms with Gasteiger partial charge >= 0.3 is 0 Å². The third-order valence-electron chi connectivity index (χ3n) is 4.61. The van der Waals surface area contributed by atoms with Gasteiger partial charge in [0.2, 0.25) is 5.91 Å². The Balaban J connectivity index is 1.49. The fourth-order valence-electron chi connectivity index (χ4n) is 3.28. The largest absolute Gasteiger partial charge is 0.492 e. The molecule has 146 valence electrons. The summed E-state index contributed by atoms with van der Waals surface area (Å²) >= 11 is 9.36. The van der Waals surface area contributed by atoms with Gasteiger partial charge in [0.25, 0.3) is 0 Å². The van der Waals surface area contributed by atoms with Crippen LogP contribution in [0, 0.1) is 0 Å². The van der Waals surface area contributed by atoms with Crippen molar-refractivity contribution in [1.82, 2.24) is 14.7 Å². The SMILES string of the molecule is CC(C)(C)n1ncc2c1CCN(C(=O)CCCOc1ccc(Cl)cc1Br)C2. The first kappa shape index (κ1) is 20.2. The summed E-state index contributed by atoms with van der Waals surface area (Å²) in [5.41, 5.74) is 2.38. The topological polar surface area (TPSA) is 47.4 Å². The Morgan fingerprint density at radius 3 is 2.85 bits per heavy atom. The minimum atomic E-state index is -0.0347. The normalized spacial score (nSPS) is 14.2. The lowest BCUT2D eigenvalue weighted by molar-refractivity contribution is -0.132. The zero-order valence-electron chi connectivity index (χ0n) is 16.0. The highest BCUT2D eigenvalue weighted by Gasteiger charge is 2.27. The Hall–Kier alpha value is -1.53. The van der Waals surface area contributed by atoms with Crippen LogP contribution < -0.4 is 4.74 Å². The molecule has 1 aromatic carbocycles. The molecule has 27 heavy (non-hydrogen) atoms. The van der Waals surface area contributed by atoms with Gasteiger partial charge in [0, 0.05) is 42.2 Å². The van der Waals surface area contributed by atoms with Crippen molar-refractivity contribution < 1.29 is 9.53 Å². The molecule has 2 heterocycles. The highest BCUT2D eigenvalue weighted by atomic mass is 79.9. The Morgan fingerprint density at radius 2 is 2.15 bits per heavy atom. The smallest absolute Gasteiger partial charge is 0.223 e. The molecule has 1 amide bonds. The van der Waals surface area contributed by atoms with E-state index in [0.717, 1.165) is 28.8 Å². The molecule has 0 saturated heterocycles. The number of fused-ring (bicyclic) bond motifs is 1. The summed E-state index contributed by atoms with van der Waals surface area (Å²) < 4.78 is 8.64. The predicted octanol–water partition coefficient (Wildman–Crippen LogP) is 4.80. The molecule has 0 saturated carbocycles. The van der Waals surface area contributed by atoms with Gasteiger partial charge in [0.05, 0.1) is 22.8 Å². The number of hydrogen-bond donors (Lipinski definition) is 0. The van der Waals surface area contributed by atoms with Crippen LogP contribution in [0.5, 0.6) is 5.75 Å². The number of amides is 1. The van der Waals surface area contributed by atoms with Crippen LogP contribution in [-0.2, 0) is 23.3 Å². The maximum Gasteiger partial charge on any atom is 0.223 e. The summed E-state index contributed by atoms with van der Waals surface area (Å²) in [6.07, 6.45) is 3.92. The summed E-state index contributed by atoms with van der Waals surface area (Å²) in [7, 11) is 0. The molecular weight excluding hydrogens is 430 g/mol. The fourth-order valence-corrected chi connectivity index (χ4v) is 4.08. The molecule has 7 heteroatoms. The fraction of sp³-hybridized carbons (Fsp3) is 0.500. The highest BCUT2D eigenvalue weighted by Crippen LogP contribution is 2.28. The molecule has 0 spiro atoms. The van der Waals surface area contributed by atoms with Gasteiger partial charge in [-0.25, -0.2) is 0 Å². The van der Waals surface area contributed by atoms with Crippen molar-refractivity contribution in [3.05, 3.63) is 45.1 Å². The van der Waals surface area contributed by atoms with E-state index >= 15 is 0 Å². The first-order valence-electron chi connectivity index (χ1n) is 9.17. The van der Waals surface area contributed by atoms with E-state index in [2.05, 4.69) is 46.5 Å². The molecule has 0 unspecified atom stereocenters. The first-order valence-corrected chi connectivity index (χ1v) is 10.3. The Morgan fingerprint density at radius 1 is 1.37 bits per heavy atom. The Kier molecular flexibility index (Phi) is 6.16. The van der Waals surface area contributed by atoms with Gasteiger partial charge in [0.15, 0.2) is 0 Å². The van der Waals surface area contributed by atoms with Gasteiger partial charge in [-0.1, -0.05) is 11.6 Å². The lowest BCUT2D eigenvalue weighted by Gasteiger charge is -2.30. The van der Waals surface area contributed by atoms with Crippen molar-refractivity contribution in [2.75, 3.05) is 13.2 Å². The first-order chi connectivity index (χ1) is 12.8. The molecule has 0 atom stereocenters. The van der Waals surface area contributed by atoms with E-state index in [0.29, 0.717) is 31.0 Å². The van der Waals surface area contributed by atoms with E-state index in [1.54, 1.807) is 12.1 Å². The van der Waals surface area contributed by atoms with Crippen molar-refractivity contribution in [3.63, 3.8) is 0 Å². The zero-order valence-corrected chi connectivity index (χ0v) is 18.3. The number of nitrogens with zero attached hydrogens (tertiary/aromatic N) is 3. The molecule has 2 aromatic rings. The van der Waals surface area contributed by atoms with Crippen LogP contribution in [0.1, 0.15) is 44.9 Å². The van der Waals surface area contributed by atoms with Crippen LogP contribution in [0.3, 0.4) is 0 Å². The van der Waals surface area contributed by atoms with Gasteiger partial charge in [0.1, 0.15) is 5.75 Å². The van der Waals surface area contributed by atoms with E-state index in [1.807, 2.05) is 17.2 Å². The minimum absolute atomic E-state index is 0.0347. The van der Waals surface area contributed by atoms with Crippen molar-refractivity contribution in [1.29, 1.82) is 0 Å². The number of hydrogen-bond acceptors (Lipinski definition) is 3. The van der Waals surface area contributed by atoms with E-state index < -0.39 is 0 Å². The predicted molar refractivity (Wildman–Crippen MR) is 110 cm³/mol. The van der Waals surface area contributed by atoms with E-state index in [1.165, 1.54) is 5.69 Å². The second kappa shape index (κ2) is 8.23. The average Bonchev–Trinajstić information content (AvgIpc) is 3.03. The second-order valence-corrected chi connectivity index (χ2v) is 9.08. The van der Waals surface area contributed by atoms with Gasteiger partial charge in [-0.05, 0) is 61.3 Å². The lowest BCUT2D eigenvalue weighted by atomic mass is 10.0. The standard InChI is InChI=1S/C20H25BrClN3O2/c1-20(2,3)25-17-8-9-24(13-14(17)12-23-25)19(26)5-4-10-27-18-7-6-15(22)11-16(18)21/h6-7,11-12H,4-5,8-10,13H2,1-3H3. The number of benzene rings is 1. The number of carbonyl (C=O) groups is 1. The summed E-state index contributed by atoms with van der Waals surface area (Å²) in [6.45, 7) is 8.34. The van der Waals surface area contributed by atoms with E-state index in [4.69, 9.17) is 16.3 Å². The van der Waals surface area contributed by atoms with Crippen LogP contribution in [0.2, 0.25) is 5.02 Å². The molecule has 0 bridgehead atoms. The molecule has 1 aliphatic rings. The maximum atomic E-state index is 12.6. The second-order valence-electron chi connectivity index (χ2n) is 7.79. The quantitative estimate of drug-likeness (QED) is 0.610. The van der Waals surface area contributed by atoms with Crippen LogP contribution in [0.4, 0.5) is 0 Å². The molecule has 0 aliphatic carbocycles. The molecule has 5 nitrogen and oxygen atoms in total. The van der Waals surface area contributed by atoms with Crippen LogP contribution in [-0.4, -0.2) is 33.7 Å². The van der Waals surface area contributed by atoms with Crippen molar-refractivity contribution in [2.45, 2.75) is 52.1 Å². The third-order valence-corrected chi connectivity index (χ3v) is 5.46. The van der Waals surface area contributed by atoms with Gasteiger partial charge in [-0.2, -0.15) is 5.10 Å². The zero-order chi connectivity index (χ0) is 19.6. The summed E-state index contributed by atoms with van der Waals surface area (Å²) in [6, 6.07) is 5.41. The molecule has 0 radical (unpaired) electrons. The van der Waals surface area contributed by atoms with Crippen molar-refractivity contribution in [3.8, 4) is 5.75 Å². The van der Waals surface area contributed by atoms with E-state index in [9.17, 15) is 4.79 Å². The summed E-state index contributed by atoms with van der Waals surface area (Å²) in [5, 5.41) is 5.19. The van der Waals surface area contributed by atoms with Gasteiger partial charge < -0.3 is 9.64 Å². The minimum Gasteiger partial charge on any atom is -0.492 e. The Labute approximate surface area is 173 Å². The third kappa shape index (κ3) is 4.85. The monoisotopic (exact) mass is 453 g/mol. The van der Waals surface area contributed by atoms with Crippen LogP contribution >= 0.6 is 27.5 Å². The molecule has 0 N–H and O–H groups in total. The van der Waals surface area contributed by atoms with Crippen LogP contribution in [0.15, 0.2) is 28.9 Å². The van der Waals surface area contributed by atoms with Crippen molar-refractivity contribution >= 4 is 33.4 Å². The summed E-state index contributed by atoms with van der Waals surface area (Å²) in [4.78, 5) is 14.5. The maximum absolute atomic E-state index is 12.6. The van der Waals surface area contributed by atoms with Crippen molar-refractivity contribution in [2.24, 2.45) is 0 Å². The molecule has 1 aromatic heterocycles. The molecule has 0 fully saturated rings.